The van der Waals surface area contributed by atoms with Crippen LogP contribution in [0, 0.1) is 11.3 Å². The van der Waals surface area contributed by atoms with Gasteiger partial charge in [-0.25, -0.2) is 0 Å². The lowest BCUT2D eigenvalue weighted by molar-refractivity contribution is -0.143. The second kappa shape index (κ2) is 9.28. The van der Waals surface area contributed by atoms with Crippen LogP contribution in [0.3, 0.4) is 0 Å². The highest BCUT2D eigenvalue weighted by Gasteiger charge is 2.41. The quantitative estimate of drug-likeness (QED) is 0.708. The van der Waals surface area contributed by atoms with Gasteiger partial charge in [0, 0.05) is 43.2 Å². The first-order valence-electron chi connectivity index (χ1n) is 9.68. The molecule has 0 radical (unpaired) electrons. The third-order valence-corrected chi connectivity index (χ3v) is 5.31. The number of rotatable bonds is 8. The van der Waals surface area contributed by atoms with Gasteiger partial charge in [-0.2, -0.15) is 0 Å². The number of amides is 2. The molecule has 2 N–H and O–H groups in total. The van der Waals surface area contributed by atoms with Crippen LogP contribution in [0.2, 0.25) is 0 Å². The number of likely N-dealkylation sites (tertiary alicyclic amines) is 1. The maximum atomic E-state index is 13.0. The molecule has 1 heterocycles. The molecule has 2 atom stereocenters. The average molecular weight is 392 g/mol. The zero-order valence-corrected chi connectivity index (χ0v) is 17.4. The maximum absolute atomic E-state index is 13.0. The van der Waals surface area contributed by atoms with E-state index in [2.05, 4.69) is 5.32 Å². The minimum absolute atomic E-state index is 0.0206. The summed E-state index contributed by atoms with van der Waals surface area (Å²) in [6.07, 6.45) is 0.810. The largest absolute Gasteiger partial charge is 0.497 e. The van der Waals surface area contributed by atoms with E-state index in [-0.39, 0.29) is 18.4 Å². The van der Waals surface area contributed by atoms with Crippen LogP contribution in [-0.4, -0.2) is 55.7 Å². The Morgan fingerprint density at radius 2 is 2.04 bits per heavy atom. The number of nitrogens with one attached hydrogen (secondary N) is 1. The van der Waals surface area contributed by atoms with Crippen molar-refractivity contribution in [2.45, 2.75) is 39.7 Å². The Hall–Kier alpha value is -2.28. The summed E-state index contributed by atoms with van der Waals surface area (Å²) in [6, 6.07) is 5.03. The number of hydrogen-bond acceptors (Lipinski definition) is 5. The third-order valence-electron chi connectivity index (χ3n) is 5.31. The number of carbonyl (C=O) groups excluding carboxylic acids is 2. The summed E-state index contributed by atoms with van der Waals surface area (Å²) in [6.45, 7) is 6.54. The van der Waals surface area contributed by atoms with E-state index in [9.17, 15) is 14.7 Å². The number of ether oxygens (including phenoxy) is 2. The topological polar surface area (TPSA) is 88.1 Å². The van der Waals surface area contributed by atoms with Crippen molar-refractivity contribution in [2.75, 3.05) is 33.9 Å². The van der Waals surface area contributed by atoms with Gasteiger partial charge in [-0.05, 0) is 25.5 Å². The smallest absolute Gasteiger partial charge is 0.225 e. The molecule has 1 fully saturated rings. The molecule has 2 rings (SSSR count). The van der Waals surface area contributed by atoms with Crippen molar-refractivity contribution in [1.29, 1.82) is 0 Å². The van der Waals surface area contributed by atoms with Crippen molar-refractivity contribution in [3.63, 3.8) is 0 Å². The lowest BCUT2D eigenvalue weighted by Gasteiger charge is -2.41. The summed E-state index contributed by atoms with van der Waals surface area (Å²) >= 11 is 0. The predicted octanol–water partition coefficient (Wildman–Crippen LogP) is 2.14. The molecule has 7 nitrogen and oxygen atoms in total. The Bertz CT molecular complexity index is 704. The van der Waals surface area contributed by atoms with E-state index >= 15 is 0 Å². The standard InChI is InChI=1S/C21H32N2O5/c1-6-23-18(25)10-9-16(20(26)22-12-21(2,3)13-24)19(23)15-8-7-14(27-4)11-17(15)28-5/h7-8,11,16,19,24H,6,9-10,12-13H2,1-5H3,(H,22,26)/t16-,19+/m1/s1. The SMILES string of the molecule is CCN1C(=O)CC[C@@H](C(=O)NCC(C)(C)CO)[C@@H]1c1ccc(OC)cc1OC. The molecule has 0 spiro atoms. The molecule has 156 valence electrons. The number of nitrogens with zero attached hydrogens (tertiary/aromatic N) is 1. The van der Waals surface area contributed by atoms with E-state index < -0.39 is 17.4 Å². The minimum atomic E-state index is -0.413. The van der Waals surface area contributed by atoms with E-state index in [1.54, 1.807) is 25.2 Å². The van der Waals surface area contributed by atoms with Gasteiger partial charge in [-0.15, -0.1) is 0 Å². The lowest BCUT2D eigenvalue weighted by atomic mass is 9.82. The zero-order valence-electron chi connectivity index (χ0n) is 17.4. The Kier molecular flexibility index (Phi) is 7.29. The molecule has 7 heteroatoms. The fourth-order valence-corrected chi connectivity index (χ4v) is 3.56. The number of benzene rings is 1. The summed E-state index contributed by atoms with van der Waals surface area (Å²) in [5.74, 6) is 0.761. The number of aliphatic hydroxyl groups excluding tert-OH is 1. The fourth-order valence-electron chi connectivity index (χ4n) is 3.56. The Labute approximate surface area is 167 Å². The molecule has 1 saturated heterocycles. The number of aliphatic hydroxyl groups is 1. The molecular weight excluding hydrogens is 360 g/mol. The van der Waals surface area contributed by atoms with Crippen LogP contribution >= 0.6 is 0 Å². The van der Waals surface area contributed by atoms with E-state index in [0.717, 1.165) is 5.56 Å². The summed E-state index contributed by atoms with van der Waals surface area (Å²) in [5, 5.41) is 12.4. The molecule has 1 aliphatic heterocycles. The zero-order chi connectivity index (χ0) is 20.9. The monoisotopic (exact) mass is 392 g/mol. The van der Waals surface area contributed by atoms with E-state index in [0.29, 0.717) is 37.4 Å². The fraction of sp³-hybridized carbons (Fsp3) is 0.619. The summed E-state index contributed by atoms with van der Waals surface area (Å²) in [7, 11) is 3.15. The van der Waals surface area contributed by atoms with Crippen LogP contribution in [0.15, 0.2) is 18.2 Å². The molecule has 1 aromatic rings. The second-order valence-electron chi connectivity index (χ2n) is 7.92. The molecule has 0 saturated carbocycles. The highest BCUT2D eigenvalue weighted by molar-refractivity contribution is 5.85. The molecule has 0 bridgehead atoms. The molecular formula is C21H32N2O5. The predicted molar refractivity (Wildman–Crippen MR) is 106 cm³/mol. The average Bonchev–Trinajstić information content (AvgIpc) is 2.71. The van der Waals surface area contributed by atoms with Crippen LogP contribution < -0.4 is 14.8 Å². The Balaban J connectivity index is 2.39. The van der Waals surface area contributed by atoms with Gasteiger partial charge >= 0.3 is 0 Å². The number of hydrogen-bond donors (Lipinski definition) is 2. The van der Waals surface area contributed by atoms with Gasteiger partial charge in [0.25, 0.3) is 0 Å². The lowest BCUT2D eigenvalue weighted by Crippen LogP contribution is -2.49. The van der Waals surface area contributed by atoms with Crippen molar-refractivity contribution in [3.8, 4) is 11.5 Å². The minimum Gasteiger partial charge on any atom is -0.497 e. The molecule has 28 heavy (non-hydrogen) atoms. The summed E-state index contributed by atoms with van der Waals surface area (Å²) in [4.78, 5) is 27.3. The van der Waals surface area contributed by atoms with Crippen molar-refractivity contribution in [3.05, 3.63) is 23.8 Å². The van der Waals surface area contributed by atoms with Gasteiger partial charge in [0.15, 0.2) is 0 Å². The molecule has 1 aliphatic rings. The first kappa shape index (κ1) is 22.0. The summed E-state index contributed by atoms with van der Waals surface area (Å²) < 4.78 is 10.8. The molecule has 0 unspecified atom stereocenters. The van der Waals surface area contributed by atoms with Crippen molar-refractivity contribution in [1.82, 2.24) is 10.2 Å². The van der Waals surface area contributed by atoms with Crippen molar-refractivity contribution in [2.24, 2.45) is 11.3 Å². The molecule has 2 amide bonds. The summed E-state index contributed by atoms with van der Waals surface area (Å²) in [5.41, 5.74) is 0.387. The molecule has 1 aromatic carbocycles. The first-order chi connectivity index (χ1) is 13.3. The van der Waals surface area contributed by atoms with Gasteiger partial charge < -0.3 is 24.8 Å². The van der Waals surface area contributed by atoms with Gasteiger partial charge in [0.1, 0.15) is 11.5 Å². The van der Waals surface area contributed by atoms with Gasteiger partial charge in [-0.3, -0.25) is 9.59 Å². The Morgan fingerprint density at radius 3 is 2.61 bits per heavy atom. The van der Waals surface area contributed by atoms with Crippen molar-refractivity contribution >= 4 is 11.8 Å². The maximum Gasteiger partial charge on any atom is 0.225 e. The van der Waals surface area contributed by atoms with Gasteiger partial charge in [-0.1, -0.05) is 13.8 Å². The van der Waals surface area contributed by atoms with Crippen LogP contribution in [0.25, 0.3) is 0 Å². The van der Waals surface area contributed by atoms with Crippen molar-refractivity contribution < 1.29 is 24.2 Å². The normalized spacial score (nSPS) is 20.1. The number of carbonyl (C=O) groups is 2. The highest BCUT2D eigenvalue weighted by Crippen LogP contribution is 2.41. The number of methoxy groups -OCH3 is 2. The van der Waals surface area contributed by atoms with Gasteiger partial charge in [0.2, 0.25) is 11.8 Å². The third kappa shape index (κ3) is 4.76. The van der Waals surface area contributed by atoms with E-state index in [4.69, 9.17) is 9.47 Å². The van der Waals surface area contributed by atoms with Gasteiger partial charge in [0.05, 0.1) is 26.2 Å². The second-order valence-corrected chi connectivity index (χ2v) is 7.92. The van der Waals surface area contributed by atoms with E-state index in [1.807, 2.05) is 32.9 Å². The highest BCUT2D eigenvalue weighted by atomic mass is 16.5. The molecule has 0 aliphatic carbocycles. The molecule has 0 aromatic heterocycles. The Morgan fingerprint density at radius 1 is 1.32 bits per heavy atom. The van der Waals surface area contributed by atoms with Crippen LogP contribution in [0.1, 0.15) is 45.2 Å². The van der Waals surface area contributed by atoms with Crippen LogP contribution in [0.4, 0.5) is 0 Å². The van der Waals surface area contributed by atoms with E-state index in [1.165, 1.54) is 0 Å². The van der Waals surface area contributed by atoms with Crippen LogP contribution in [0.5, 0.6) is 11.5 Å². The van der Waals surface area contributed by atoms with Crippen LogP contribution in [-0.2, 0) is 9.59 Å². The number of piperidine rings is 1. The first-order valence-corrected chi connectivity index (χ1v) is 9.68.